The molecule has 1 radical (unpaired) electrons. The SMILES string of the molecule is O=C(O)c1nc[nH]c1C(=O)O.[Cu].c1cnc2c(c1)ccc1ncccc12. The van der Waals surface area contributed by atoms with E-state index in [1.807, 2.05) is 24.4 Å². The van der Waals surface area contributed by atoms with Gasteiger partial charge in [0.25, 0.3) is 0 Å². The first kappa shape index (κ1) is 19.0. The number of hydrogen-bond donors (Lipinski definition) is 3. The molecular formula is C17H12CuN4O4. The quantitative estimate of drug-likeness (QED) is 0.349. The molecule has 26 heavy (non-hydrogen) atoms. The number of rotatable bonds is 2. The molecule has 1 aromatic carbocycles. The maximum absolute atomic E-state index is 10.3. The van der Waals surface area contributed by atoms with Crippen molar-refractivity contribution in [1.29, 1.82) is 0 Å². The van der Waals surface area contributed by atoms with Crippen LogP contribution in [0.4, 0.5) is 0 Å². The van der Waals surface area contributed by atoms with E-state index in [0.29, 0.717) is 0 Å². The molecule has 0 fully saturated rings. The number of nitrogens with zero attached hydrogens (tertiary/aromatic N) is 3. The fraction of sp³-hybridized carbons (Fsp3) is 0. The van der Waals surface area contributed by atoms with Crippen molar-refractivity contribution in [2.24, 2.45) is 0 Å². The van der Waals surface area contributed by atoms with Crippen molar-refractivity contribution in [3.63, 3.8) is 0 Å². The maximum atomic E-state index is 10.3. The van der Waals surface area contributed by atoms with Crippen LogP contribution in [-0.4, -0.2) is 42.1 Å². The van der Waals surface area contributed by atoms with Crippen LogP contribution >= 0.6 is 0 Å². The molecule has 0 aliphatic carbocycles. The van der Waals surface area contributed by atoms with Gasteiger partial charge in [0.05, 0.1) is 17.4 Å². The Bertz CT molecular complexity index is 997. The van der Waals surface area contributed by atoms with Crippen LogP contribution in [0.5, 0.6) is 0 Å². The Morgan fingerprint density at radius 1 is 0.885 bits per heavy atom. The van der Waals surface area contributed by atoms with E-state index >= 15 is 0 Å². The Morgan fingerprint density at radius 2 is 1.62 bits per heavy atom. The third-order valence-electron chi connectivity index (χ3n) is 3.41. The van der Waals surface area contributed by atoms with Gasteiger partial charge in [-0.3, -0.25) is 9.97 Å². The van der Waals surface area contributed by atoms with Gasteiger partial charge in [-0.1, -0.05) is 12.1 Å². The van der Waals surface area contributed by atoms with Crippen LogP contribution in [0.2, 0.25) is 0 Å². The smallest absolute Gasteiger partial charge is 0.357 e. The van der Waals surface area contributed by atoms with Crippen molar-refractivity contribution in [3.05, 3.63) is 66.5 Å². The second-order valence-corrected chi connectivity index (χ2v) is 4.95. The first-order chi connectivity index (χ1) is 12.1. The summed E-state index contributed by atoms with van der Waals surface area (Å²) in [5, 5.41) is 19.0. The Balaban J connectivity index is 0.000000186. The van der Waals surface area contributed by atoms with E-state index in [4.69, 9.17) is 10.2 Å². The summed E-state index contributed by atoms with van der Waals surface area (Å²) in [7, 11) is 0. The molecule has 4 aromatic rings. The molecule has 0 bridgehead atoms. The first-order valence-corrected chi connectivity index (χ1v) is 7.16. The minimum Gasteiger partial charge on any atom is -0.477 e. The number of carboxylic acid groups (broad SMARTS) is 2. The van der Waals surface area contributed by atoms with Crippen LogP contribution in [0.25, 0.3) is 21.8 Å². The minimum atomic E-state index is -1.36. The van der Waals surface area contributed by atoms with Crippen molar-refractivity contribution in [1.82, 2.24) is 19.9 Å². The molecule has 8 nitrogen and oxygen atoms in total. The van der Waals surface area contributed by atoms with Gasteiger partial charge < -0.3 is 15.2 Å². The number of imidazole rings is 1. The third-order valence-corrected chi connectivity index (χ3v) is 3.41. The van der Waals surface area contributed by atoms with E-state index in [1.54, 1.807) is 6.20 Å². The summed E-state index contributed by atoms with van der Waals surface area (Å²) < 4.78 is 0. The summed E-state index contributed by atoms with van der Waals surface area (Å²) in [6.45, 7) is 0. The summed E-state index contributed by atoms with van der Waals surface area (Å²) in [5.74, 6) is -2.69. The average molecular weight is 400 g/mol. The molecule has 3 aromatic heterocycles. The zero-order valence-electron chi connectivity index (χ0n) is 13.1. The van der Waals surface area contributed by atoms with E-state index in [1.165, 1.54) is 0 Å². The van der Waals surface area contributed by atoms with Gasteiger partial charge in [0.2, 0.25) is 0 Å². The zero-order chi connectivity index (χ0) is 17.8. The molecule has 9 heteroatoms. The molecule has 0 saturated carbocycles. The molecule has 135 valence electrons. The summed E-state index contributed by atoms with van der Waals surface area (Å²) in [6, 6.07) is 12.1. The minimum absolute atomic E-state index is 0. The number of aromatic nitrogens is 4. The van der Waals surface area contributed by atoms with Crippen molar-refractivity contribution in [3.8, 4) is 0 Å². The van der Waals surface area contributed by atoms with E-state index in [9.17, 15) is 9.59 Å². The van der Waals surface area contributed by atoms with Crippen LogP contribution in [0.3, 0.4) is 0 Å². The van der Waals surface area contributed by atoms with Crippen LogP contribution in [0.15, 0.2) is 55.1 Å². The van der Waals surface area contributed by atoms with Crippen LogP contribution in [0.1, 0.15) is 21.0 Å². The molecule has 0 spiro atoms. The summed E-state index contributed by atoms with van der Waals surface area (Å²) >= 11 is 0. The summed E-state index contributed by atoms with van der Waals surface area (Å²) in [4.78, 5) is 34.7. The van der Waals surface area contributed by atoms with Gasteiger partial charge in [-0.25, -0.2) is 14.6 Å². The Labute approximate surface area is 157 Å². The molecule has 0 amide bonds. The predicted octanol–water partition coefficient (Wildman–Crippen LogP) is 2.59. The normalized spacial score (nSPS) is 9.85. The maximum Gasteiger partial charge on any atom is 0.357 e. The number of nitrogens with one attached hydrogen (secondary N) is 1. The number of hydrogen-bond acceptors (Lipinski definition) is 5. The summed E-state index contributed by atoms with van der Waals surface area (Å²) in [5.41, 5.74) is 1.15. The first-order valence-electron chi connectivity index (χ1n) is 7.16. The number of carbonyl (C=O) groups is 2. The van der Waals surface area contributed by atoms with Gasteiger partial charge in [-0.05, 0) is 24.3 Å². The largest absolute Gasteiger partial charge is 0.477 e. The summed E-state index contributed by atoms with van der Waals surface area (Å²) in [6.07, 6.45) is 4.64. The van der Waals surface area contributed by atoms with E-state index < -0.39 is 23.3 Å². The van der Waals surface area contributed by atoms with Crippen molar-refractivity contribution in [2.45, 2.75) is 0 Å². The molecule has 0 aliphatic rings. The van der Waals surface area contributed by atoms with Gasteiger partial charge in [-0.15, -0.1) is 0 Å². The monoisotopic (exact) mass is 399 g/mol. The number of pyridine rings is 2. The number of fused-ring (bicyclic) bond motifs is 3. The topological polar surface area (TPSA) is 129 Å². The Kier molecular flexibility index (Phi) is 6.00. The zero-order valence-corrected chi connectivity index (χ0v) is 14.0. The predicted molar refractivity (Wildman–Crippen MR) is 89.6 cm³/mol. The molecule has 4 rings (SSSR count). The number of aromatic amines is 1. The van der Waals surface area contributed by atoms with Crippen LogP contribution < -0.4 is 0 Å². The standard InChI is InChI=1S/C12H8N2.C5H4N2O4.Cu/c1-3-9-5-6-11-10(4-2-7-13-11)12(9)14-8-1;8-4(9)2-3(5(10)11)7-1-6-2;/h1-8H;1H,(H,6,7)(H,8,9)(H,10,11);. The van der Waals surface area contributed by atoms with Gasteiger partial charge in [0.1, 0.15) is 0 Å². The molecule has 0 aliphatic heterocycles. The van der Waals surface area contributed by atoms with Crippen molar-refractivity contribution in [2.75, 3.05) is 0 Å². The van der Waals surface area contributed by atoms with Gasteiger partial charge in [0, 0.05) is 40.2 Å². The second-order valence-electron chi connectivity index (χ2n) is 4.95. The molecule has 0 saturated heterocycles. The number of aromatic carboxylic acids is 2. The fourth-order valence-electron chi connectivity index (χ4n) is 2.32. The molecular weight excluding hydrogens is 388 g/mol. The van der Waals surface area contributed by atoms with Crippen molar-refractivity contribution >= 4 is 33.7 Å². The molecule has 3 heterocycles. The second kappa shape index (κ2) is 8.19. The Morgan fingerprint density at radius 3 is 2.31 bits per heavy atom. The van der Waals surface area contributed by atoms with Gasteiger partial charge in [-0.2, -0.15) is 0 Å². The van der Waals surface area contributed by atoms with Gasteiger partial charge >= 0.3 is 11.9 Å². The molecule has 0 unspecified atom stereocenters. The average Bonchev–Trinajstić information content (AvgIpc) is 3.13. The van der Waals surface area contributed by atoms with E-state index in [-0.39, 0.29) is 17.1 Å². The molecule has 0 atom stereocenters. The number of benzene rings is 1. The van der Waals surface area contributed by atoms with E-state index in [0.717, 1.165) is 28.1 Å². The van der Waals surface area contributed by atoms with E-state index in [2.05, 4.69) is 38.1 Å². The fourth-order valence-corrected chi connectivity index (χ4v) is 2.32. The number of H-pyrrole nitrogens is 1. The molecule has 3 N–H and O–H groups in total. The Hall–Kier alpha value is -3.29. The number of carboxylic acids is 2. The van der Waals surface area contributed by atoms with Crippen LogP contribution in [-0.2, 0) is 17.1 Å². The van der Waals surface area contributed by atoms with Crippen LogP contribution in [0, 0.1) is 0 Å². The third kappa shape index (κ3) is 3.85. The van der Waals surface area contributed by atoms with Crippen molar-refractivity contribution < 1.29 is 36.9 Å². The van der Waals surface area contributed by atoms with Gasteiger partial charge in [0.15, 0.2) is 11.4 Å².